The van der Waals surface area contributed by atoms with Crippen LogP contribution in [0.25, 0.3) is 11.1 Å². The number of hydrogen-bond donors (Lipinski definition) is 2. The Labute approximate surface area is 161 Å². The summed E-state index contributed by atoms with van der Waals surface area (Å²) in [6.45, 7) is 0. The van der Waals surface area contributed by atoms with Crippen LogP contribution in [0.5, 0.6) is 0 Å². The molecular formula is C22H16ClNO3. The Balaban J connectivity index is 1.73. The van der Waals surface area contributed by atoms with Gasteiger partial charge in [-0.1, -0.05) is 60.1 Å². The summed E-state index contributed by atoms with van der Waals surface area (Å²) >= 11 is 5.86. The Bertz CT molecular complexity index is 984. The molecule has 0 heterocycles. The number of carbonyl (C=O) groups is 2. The van der Waals surface area contributed by atoms with Gasteiger partial charge in [-0.2, -0.15) is 0 Å². The molecule has 1 amide bonds. The van der Waals surface area contributed by atoms with Crippen LogP contribution in [0, 0.1) is 0 Å². The third-order valence-corrected chi connectivity index (χ3v) is 5.13. The molecule has 1 aliphatic rings. The normalized spacial score (nSPS) is 13.5. The van der Waals surface area contributed by atoms with Crippen molar-refractivity contribution in [1.29, 1.82) is 0 Å². The first-order valence-corrected chi connectivity index (χ1v) is 8.91. The van der Waals surface area contributed by atoms with E-state index in [1.165, 1.54) is 0 Å². The molecule has 4 nitrogen and oxygen atoms in total. The standard InChI is InChI=1S/C22H16ClNO3/c23-14-11-9-13(10-12-14)21(25)24-20(22(26)27)19-17-7-3-1-5-15(17)16-6-2-4-8-18(16)19/h1-12,19-20H,(H,24,25)(H,26,27)/t20-/m1/s1. The summed E-state index contributed by atoms with van der Waals surface area (Å²) < 4.78 is 0. The maximum absolute atomic E-state index is 12.6. The van der Waals surface area contributed by atoms with Crippen LogP contribution in [0.15, 0.2) is 72.8 Å². The van der Waals surface area contributed by atoms with E-state index in [1.807, 2.05) is 48.5 Å². The van der Waals surface area contributed by atoms with Gasteiger partial charge in [0.2, 0.25) is 0 Å². The lowest BCUT2D eigenvalue weighted by Gasteiger charge is -2.23. The van der Waals surface area contributed by atoms with E-state index in [-0.39, 0.29) is 0 Å². The zero-order chi connectivity index (χ0) is 19.0. The highest BCUT2D eigenvalue weighted by Gasteiger charge is 2.38. The number of nitrogens with one attached hydrogen (secondary N) is 1. The minimum atomic E-state index is -1.09. The van der Waals surface area contributed by atoms with Crippen molar-refractivity contribution in [1.82, 2.24) is 5.32 Å². The number of rotatable bonds is 4. The molecule has 3 aromatic rings. The Morgan fingerprint density at radius 3 is 1.89 bits per heavy atom. The zero-order valence-corrected chi connectivity index (χ0v) is 15.0. The van der Waals surface area contributed by atoms with Gasteiger partial charge in [0, 0.05) is 16.5 Å². The predicted octanol–water partition coefficient (Wildman–Crippen LogP) is 4.34. The summed E-state index contributed by atoms with van der Waals surface area (Å²) in [6.07, 6.45) is 0. The fraction of sp³-hybridized carbons (Fsp3) is 0.0909. The highest BCUT2D eigenvalue weighted by Crippen LogP contribution is 2.46. The Morgan fingerprint density at radius 1 is 0.852 bits per heavy atom. The van der Waals surface area contributed by atoms with Gasteiger partial charge in [0.25, 0.3) is 5.91 Å². The van der Waals surface area contributed by atoms with E-state index in [9.17, 15) is 14.7 Å². The molecule has 0 saturated carbocycles. The molecule has 2 N–H and O–H groups in total. The van der Waals surface area contributed by atoms with Crippen molar-refractivity contribution in [2.75, 3.05) is 0 Å². The van der Waals surface area contributed by atoms with Crippen molar-refractivity contribution >= 4 is 23.5 Å². The highest BCUT2D eigenvalue weighted by atomic mass is 35.5. The fourth-order valence-corrected chi connectivity index (χ4v) is 3.79. The van der Waals surface area contributed by atoms with E-state index in [1.54, 1.807) is 24.3 Å². The van der Waals surface area contributed by atoms with E-state index in [2.05, 4.69) is 5.32 Å². The van der Waals surface area contributed by atoms with Gasteiger partial charge in [0.15, 0.2) is 0 Å². The van der Waals surface area contributed by atoms with Crippen LogP contribution in [-0.4, -0.2) is 23.0 Å². The van der Waals surface area contributed by atoms with Gasteiger partial charge in [0.05, 0.1) is 0 Å². The summed E-state index contributed by atoms with van der Waals surface area (Å²) in [6, 6.07) is 20.7. The number of hydrogen-bond acceptors (Lipinski definition) is 2. The monoisotopic (exact) mass is 377 g/mol. The van der Waals surface area contributed by atoms with Crippen LogP contribution >= 0.6 is 11.6 Å². The molecule has 134 valence electrons. The molecule has 0 bridgehead atoms. The molecule has 0 aromatic heterocycles. The lowest BCUT2D eigenvalue weighted by atomic mass is 9.89. The van der Waals surface area contributed by atoms with Crippen molar-refractivity contribution in [3.63, 3.8) is 0 Å². The van der Waals surface area contributed by atoms with Crippen LogP contribution < -0.4 is 5.32 Å². The lowest BCUT2D eigenvalue weighted by Crippen LogP contribution is -2.44. The van der Waals surface area contributed by atoms with Gasteiger partial charge >= 0.3 is 5.97 Å². The minimum Gasteiger partial charge on any atom is -0.480 e. The van der Waals surface area contributed by atoms with Crippen LogP contribution in [0.1, 0.15) is 27.4 Å². The first kappa shape index (κ1) is 17.3. The lowest BCUT2D eigenvalue weighted by molar-refractivity contribution is -0.139. The number of halogens is 1. The summed E-state index contributed by atoms with van der Waals surface area (Å²) in [7, 11) is 0. The molecule has 0 saturated heterocycles. The van der Waals surface area contributed by atoms with Crippen molar-refractivity contribution in [2.24, 2.45) is 0 Å². The number of carbonyl (C=O) groups excluding carboxylic acids is 1. The highest BCUT2D eigenvalue weighted by molar-refractivity contribution is 6.30. The number of aliphatic carboxylic acids is 1. The summed E-state index contributed by atoms with van der Waals surface area (Å²) in [4.78, 5) is 24.7. The van der Waals surface area contributed by atoms with Gasteiger partial charge in [-0.15, -0.1) is 0 Å². The first-order valence-electron chi connectivity index (χ1n) is 8.53. The fourth-order valence-electron chi connectivity index (χ4n) is 3.67. The number of benzene rings is 3. The average Bonchev–Trinajstić information content (AvgIpc) is 3.01. The number of fused-ring (bicyclic) bond motifs is 3. The van der Waals surface area contributed by atoms with Crippen molar-refractivity contribution < 1.29 is 14.7 Å². The van der Waals surface area contributed by atoms with Gasteiger partial charge < -0.3 is 10.4 Å². The molecule has 0 spiro atoms. The van der Waals surface area contributed by atoms with Crippen molar-refractivity contribution in [2.45, 2.75) is 12.0 Å². The molecule has 1 aliphatic carbocycles. The molecule has 5 heteroatoms. The van der Waals surface area contributed by atoms with Crippen molar-refractivity contribution in [3.8, 4) is 11.1 Å². The maximum atomic E-state index is 12.6. The number of carboxylic acids is 1. The Kier molecular flexibility index (Phi) is 4.42. The second-order valence-corrected chi connectivity index (χ2v) is 6.88. The van der Waals surface area contributed by atoms with Gasteiger partial charge in [0.1, 0.15) is 6.04 Å². The smallest absolute Gasteiger partial charge is 0.327 e. The van der Waals surface area contributed by atoms with E-state index >= 15 is 0 Å². The largest absolute Gasteiger partial charge is 0.480 e. The molecule has 0 radical (unpaired) electrons. The molecule has 3 aromatic carbocycles. The van der Waals surface area contributed by atoms with Gasteiger partial charge in [-0.25, -0.2) is 4.79 Å². The summed E-state index contributed by atoms with van der Waals surface area (Å²) in [5, 5.41) is 13.1. The van der Waals surface area contributed by atoms with Gasteiger partial charge in [-0.05, 0) is 46.5 Å². The molecule has 0 unspecified atom stereocenters. The SMILES string of the molecule is O=C(N[C@@H](C(=O)O)C1c2ccccc2-c2ccccc21)c1ccc(Cl)cc1. The molecule has 27 heavy (non-hydrogen) atoms. The van der Waals surface area contributed by atoms with Crippen LogP contribution in [0.4, 0.5) is 0 Å². The maximum Gasteiger partial charge on any atom is 0.327 e. The topological polar surface area (TPSA) is 66.4 Å². The third kappa shape index (κ3) is 3.09. The van der Waals surface area contributed by atoms with E-state index in [4.69, 9.17) is 11.6 Å². The number of amides is 1. The molecular weight excluding hydrogens is 362 g/mol. The van der Waals surface area contributed by atoms with Crippen molar-refractivity contribution in [3.05, 3.63) is 94.5 Å². The third-order valence-electron chi connectivity index (χ3n) is 4.87. The molecule has 0 fully saturated rings. The molecule has 0 aliphatic heterocycles. The Hall–Kier alpha value is -3.11. The number of carboxylic acid groups (broad SMARTS) is 1. The Morgan fingerprint density at radius 2 is 1.37 bits per heavy atom. The van der Waals surface area contributed by atoms with Crippen LogP contribution in [-0.2, 0) is 4.79 Å². The van der Waals surface area contributed by atoms with Crippen LogP contribution in [0.2, 0.25) is 5.02 Å². The molecule has 4 rings (SSSR count). The minimum absolute atomic E-state index is 0.366. The van der Waals surface area contributed by atoms with Gasteiger partial charge in [-0.3, -0.25) is 4.79 Å². The zero-order valence-electron chi connectivity index (χ0n) is 14.2. The van der Waals surface area contributed by atoms with E-state index in [0.29, 0.717) is 10.6 Å². The van der Waals surface area contributed by atoms with E-state index < -0.39 is 23.8 Å². The predicted molar refractivity (Wildman–Crippen MR) is 104 cm³/mol. The first-order chi connectivity index (χ1) is 13.1. The van der Waals surface area contributed by atoms with Crippen LogP contribution in [0.3, 0.4) is 0 Å². The second kappa shape index (κ2) is 6.89. The average molecular weight is 378 g/mol. The second-order valence-electron chi connectivity index (χ2n) is 6.45. The summed E-state index contributed by atoms with van der Waals surface area (Å²) in [5.41, 5.74) is 4.19. The van der Waals surface area contributed by atoms with E-state index in [0.717, 1.165) is 22.3 Å². The quantitative estimate of drug-likeness (QED) is 0.711. The summed E-state index contributed by atoms with van der Waals surface area (Å²) in [5.74, 6) is -1.97. The molecule has 1 atom stereocenters.